The average molecular weight is 328 g/mol. The minimum Gasteiger partial charge on any atom is -0.299 e. The molecule has 21 heavy (non-hydrogen) atoms. The normalized spacial score (nSPS) is 32.0. The number of Topliss-reactive ketones (excluding diaryl/α,β-unsaturated/α-hetero) is 1. The van der Waals surface area contributed by atoms with Gasteiger partial charge in [-0.1, -0.05) is 35.7 Å². The van der Waals surface area contributed by atoms with Crippen molar-refractivity contribution in [1.29, 1.82) is 0 Å². The molecule has 1 aromatic carbocycles. The van der Waals surface area contributed by atoms with Crippen molar-refractivity contribution in [3.8, 4) is 0 Å². The molecule has 0 spiro atoms. The maximum Gasteiger partial charge on any atom is 0.221 e. The number of rotatable bonds is 2. The summed E-state index contributed by atoms with van der Waals surface area (Å²) in [6.45, 7) is 0. The molecule has 0 aliphatic heterocycles. The van der Waals surface area contributed by atoms with Gasteiger partial charge in [-0.3, -0.25) is 14.9 Å². The monoisotopic (exact) mass is 327 g/mol. The van der Waals surface area contributed by atoms with E-state index in [0.29, 0.717) is 28.5 Å². The van der Waals surface area contributed by atoms with E-state index < -0.39 is 12.0 Å². The fourth-order valence-electron chi connectivity index (χ4n) is 3.88. The third-order valence-corrected chi connectivity index (χ3v) is 5.36. The zero-order valence-electron chi connectivity index (χ0n) is 11.3. The largest absolute Gasteiger partial charge is 0.299 e. The maximum atomic E-state index is 12.4. The van der Waals surface area contributed by atoms with Crippen LogP contribution in [-0.4, -0.2) is 16.7 Å². The van der Waals surface area contributed by atoms with Crippen LogP contribution in [0.1, 0.15) is 37.2 Å². The van der Waals surface area contributed by atoms with Gasteiger partial charge in [0.2, 0.25) is 6.04 Å². The summed E-state index contributed by atoms with van der Waals surface area (Å²) in [6.07, 6.45) is 2.77. The Morgan fingerprint density at radius 1 is 1.24 bits per heavy atom. The lowest BCUT2D eigenvalue weighted by atomic mass is 9.62. The summed E-state index contributed by atoms with van der Waals surface area (Å²) in [4.78, 5) is 23.7. The Bertz CT molecular complexity index is 603. The fraction of sp³-hybridized carbons (Fsp3) is 0.533. The summed E-state index contributed by atoms with van der Waals surface area (Å²) >= 11 is 12.1. The molecule has 2 aliphatic carbocycles. The molecule has 0 saturated heterocycles. The van der Waals surface area contributed by atoms with E-state index in [2.05, 4.69) is 0 Å². The summed E-state index contributed by atoms with van der Waals surface area (Å²) in [6, 6.07) is 4.26. The molecule has 2 saturated carbocycles. The van der Waals surface area contributed by atoms with Crippen LogP contribution in [0.15, 0.2) is 18.2 Å². The van der Waals surface area contributed by atoms with Crippen LogP contribution in [0, 0.1) is 22.0 Å². The molecule has 0 radical (unpaired) electrons. The van der Waals surface area contributed by atoms with Gasteiger partial charge in [-0.05, 0) is 30.5 Å². The van der Waals surface area contributed by atoms with Gasteiger partial charge in [0.1, 0.15) is 5.78 Å². The summed E-state index contributed by atoms with van der Waals surface area (Å²) < 4.78 is 0. The highest BCUT2D eigenvalue weighted by atomic mass is 35.5. The van der Waals surface area contributed by atoms with Crippen LogP contribution in [0.5, 0.6) is 0 Å². The van der Waals surface area contributed by atoms with Gasteiger partial charge >= 0.3 is 0 Å². The van der Waals surface area contributed by atoms with Gasteiger partial charge in [0.15, 0.2) is 0 Å². The van der Waals surface area contributed by atoms with Gasteiger partial charge in [-0.2, -0.15) is 0 Å². The Hall–Kier alpha value is -1.13. The molecule has 2 fully saturated rings. The van der Waals surface area contributed by atoms with E-state index in [9.17, 15) is 14.9 Å². The predicted octanol–water partition coefficient (Wildman–Crippen LogP) is 4.11. The Morgan fingerprint density at radius 3 is 2.67 bits per heavy atom. The first-order chi connectivity index (χ1) is 9.99. The topological polar surface area (TPSA) is 60.2 Å². The average Bonchev–Trinajstić information content (AvgIpc) is 2.39. The number of halogens is 2. The molecule has 2 aliphatic rings. The fourth-order valence-corrected chi connectivity index (χ4v) is 4.42. The van der Waals surface area contributed by atoms with Crippen molar-refractivity contribution in [3.05, 3.63) is 43.9 Å². The second-order valence-electron chi connectivity index (χ2n) is 5.92. The Kier molecular flexibility index (Phi) is 3.93. The molecule has 112 valence electrons. The number of fused-ring (bicyclic) bond motifs is 2. The molecule has 1 aromatic rings. The highest BCUT2D eigenvalue weighted by Gasteiger charge is 2.51. The molecule has 0 aromatic heterocycles. The minimum atomic E-state index is -0.739. The van der Waals surface area contributed by atoms with Crippen molar-refractivity contribution in [2.24, 2.45) is 11.8 Å². The third-order valence-electron chi connectivity index (χ3n) is 4.80. The van der Waals surface area contributed by atoms with Crippen LogP contribution in [0.4, 0.5) is 0 Å². The van der Waals surface area contributed by atoms with E-state index in [1.54, 1.807) is 18.2 Å². The predicted molar refractivity (Wildman–Crippen MR) is 80.4 cm³/mol. The number of hydrogen-bond donors (Lipinski definition) is 0. The van der Waals surface area contributed by atoms with Gasteiger partial charge in [-0.15, -0.1) is 0 Å². The van der Waals surface area contributed by atoms with Gasteiger partial charge in [0, 0.05) is 33.2 Å². The molecule has 4 atom stereocenters. The summed E-state index contributed by atoms with van der Waals surface area (Å²) in [7, 11) is 0. The lowest BCUT2D eigenvalue weighted by Gasteiger charge is -2.40. The van der Waals surface area contributed by atoms with Crippen molar-refractivity contribution >= 4 is 29.0 Å². The van der Waals surface area contributed by atoms with E-state index in [1.807, 2.05) is 0 Å². The number of benzene rings is 1. The van der Waals surface area contributed by atoms with Gasteiger partial charge in [0.25, 0.3) is 0 Å². The Labute approximate surface area is 132 Å². The Balaban J connectivity index is 2.06. The SMILES string of the molecule is O=C1[C@@H]2CCC[C@H]1[C@H](c1ccc(Cl)cc1Cl)[C@@H]([N+](=O)[O-])C2. The molecular formula is C15H15Cl2NO3. The molecule has 3 rings (SSSR count). The van der Waals surface area contributed by atoms with Crippen LogP contribution >= 0.6 is 23.2 Å². The van der Waals surface area contributed by atoms with E-state index in [-0.39, 0.29) is 22.5 Å². The van der Waals surface area contributed by atoms with Gasteiger partial charge in [0.05, 0.1) is 5.92 Å². The van der Waals surface area contributed by atoms with E-state index in [4.69, 9.17) is 23.2 Å². The minimum absolute atomic E-state index is 0.151. The zero-order valence-corrected chi connectivity index (χ0v) is 12.8. The van der Waals surface area contributed by atoms with Gasteiger partial charge in [-0.25, -0.2) is 0 Å². The first kappa shape index (κ1) is 14.8. The van der Waals surface area contributed by atoms with Crippen LogP contribution in [0.3, 0.4) is 0 Å². The first-order valence-corrected chi connectivity index (χ1v) is 7.87. The van der Waals surface area contributed by atoms with Gasteiger partial charge < -0.3 is 0 Å². The van der Waals surface area contributed by atoms with E-state index in [0.717, 1.165) is 12.8 Å². The second kappa shape index (κ2) is 5.58. The zero-order chi connectivity index (χ0) is 15.1. The molecule has 0 heterocycles. The molecule has 0 N–H and O–H groups in total. The van der Waals surface area contributed by atoms with Crippen molar-refractivity contribution in [3.63, 3.8) is 0 Å². The molecule has 2 bridgehead atoms. The summed E-state index contributed by atoms with van der Waals surface area (Å²) in [5.74, 6) is -0.697. The first-order valence-electron chi connectivity index (χ1n) is 7.11. The molecular weight excluding hydrogens is 313 g/mol. The maximum absolute atomic E-state index is 12.4. The smallest absolute Gasteiger partial charge is 0.221 e. The Morgan fingerprint density at radius 2 is 2.00 bits per heavy atom. The summed E-state index contributed by atoms with van der Waals surface area (Å²) in [5.41, 5.74) is 0.682. The number of nitro groups is 1. The van der Waals surface area contributed by atoms with Crippen molar-refractivity contribution in [2.75, 3.05) is 0 Å². The highest BCUT2D eigenvalue weighted by Crippen LogP contribution is 2.48. The van der Waals surface area contributed by atoms with Crippen molar-refractivity contribution < 1.29 is 9.72 Å². The number of nitrogens with zero attached hydrogens (tertiary/aromatic N) is 1. The second-order valence-corrected chi connectivity index (χ2v) is 6.76. The van der Waals surface area contributed by atoms with E-state index in [1.165, 1.54) is 0 Å². The van der Waals surface area contributed by atoms with Crippen molar-refractivity contribution in [2.45, 2.75) is 37.6 Å². The highest BCUT2D eigenvalue weighted by molar-refractivity contribution is 6.35. The van der Waals surface area contributed by atoms with E-state index >= 15 is 0 Å². The molecule has 0 amide bonds. The number of ketones is 1. The van der Waals surface area contributed by atoms with Crippen LogP contribution in [-0.2, 0) is 4.79 Å². The number of hydrogen-bond acceptors (Lipinski definition) is 3. The van der Waals surface area contributed by atoms with Crippen LogP contribution in [0.2, 0.25) is 10.0 Å². The molecule has 6 heteroatoms. The standard InChI is InChI=1S/C15H15Cl2NO3/c16-9-4-5-10(12(17)7-9)14-11-3-1-2-8(15(11)19)6-13(14)18(20)21/h4-5,7-8,11,13-14H,1-3,6H2/t8-,11+,13+,14+/m1/s1. The quantitative estimate of drug-likeness (QED) is 0.606. The number of carbonyl (C=O) groups is 1. The third kappa shape index (κ3) is 2.55. The lowest BCUT2D eigenvalue weighted by molar-refractivity contribution is -0.532. The molecule has 0 unspecified atom stereocenters. The van der Waals surface area contributed by atoms with Crippen LogP contribution in [0.25, 0.3) is 0 Å². The lowest BCUT2D eigenvalue weighted by Crippen LogP contribution is -2.47. The van der Waals surface area contributed by atoms with Crippen molar-refractivity contribution in [1.82, 2.24) is 0 Å². The van der Waals surface area contributed by atoms with Crippen LogP contribution < -0.4 is 0 Å². The summed E-state index contributed by atoms with van der Waals surface area (Å²) in [5, 5.41) is 12.4. The molecule has 4 nitrogen and oxygen atoms in total. The number of carbonyl (C=O) groups excluding carboxylic acids is 1.